The van der Waals surface area contributed by atoms with Crippen molar-refractivity contribution < 1.29 is 9.59 Å². The summed E-state index contributed by atoms with van der Waals surface area (Å²) < 4.78 is 0. The molecule has 0 fully saturated rings. The molecule has 1 aliphatic rings. The van der Waals surface area contributed by atoms with Crippen molar-refractivity contribution in [1.82, 2.24) is 15.3 Å². The van der Waals surface area contributed by atoms with Crippen LogP contribution in [-0.4, -0.2) is 21.8 Å². The van der Waals surface area contributed by atoms with Crippen molar-refractivity contribution >= 4 is 17.5 Å². The first-order valence-electron chi connectivity index (χ1n) is 5.90. The molecule has 3 N–H and O–H groups in total. The molecule has 0 bridgehead atoms. The second-order valence-corrected chi connectivity index (χ2v) is 4.36. The van der Waals surface area contributed by atoms with Crippen molar-refractivity contribution in [1.29, 1.82) is 0 Å². The summed E-state index contributed by atoms with van der Waals surface area (Å²) in [6.45, 7) is 0.396. The van der Waals surface area contributed by atoms with Crippen LogP contribution < -0.4 is 10.6 Å². The number of hydrogen-bond donors (Lipinski definition) is 3. The van der Waals surface area contributed by atoms with Crippen molar-refractivity contribution in [3.8, 4) is 0 Å². The third-order valence-corrected chi connectivity index (χ3v) is 2.99. The third-order valence-electron chi connectivity index (χ3n) is 2.99. The summed E-state index contributed by atoms with van der Waals surface area (Å²) in [5, 5.41) is 5.52. The van der Waals surface area contributed by atoms with E-state index in [1.54, 1.807) is 30.7 Å². The Kier molecular flexibility index (Phi) is 2.75. The quantitative estimate of drug-likeness (QED) is 0.760. The molecule has 0 radical (unpaired) electrons. The van der Waals surface area contributed by atoms with Gasteiger partial charge in [-0.25, -0.2) is 4.98 Å². The van der Waals surface area contributed by atoms with E-state index in [-0.39, 0.29) is 11.8 Å². The van der Waals surface area contributed by atoms with Crippen molar-refractivity contribution in [2.24, 2.45) is 0 Å². The monoisotopic (exact) mass is 256 g/mol. The predicted octanol–water partition coefficient (Wildman–Crippen LogP) is 0.834. The zero-order chi connectivity index (χ0) is 13.2. The Hall–Kier alpha value is -2.63. The number of rotatable bonds is 3. The summed E-state index contributed by atoms with van der Waals surface area (Å²) in [4.78, 5) is 30.0. The van der Waals surface area contributed by atoms with Crippen LogP contribution in [0.25, 0.3) is 0 Å². The standard InChI is InChI=1S/C13H12N4O2/c18-12-4-9-3-8(1-2-11(9)17-12)13(19)15-6-10-5-14-7-16-10/h1-3,5,7H,4,6H2,(H,14,16)(H,15,19)(H,17,18). The Bertz CT molecular complexity index is 634. The molecule has 0 spiro atoms. The number of benzene rings is 1. The Morgan fingerprint density at radius 2 is 2.32 bits per heavy atom. The number of amides is 2. The van der Waals surface area contributed by atoms with Gasteiger partial charge in [-0.3, -0.25) is 9.59 Å². The highest BCUT2D eigenvalue weighted by Gasteiger charge is 2.18. The van der Waals surface area contributed by atoms with Crippen LogP contribution in [0, 0.1) is 0 Å². The second-order valence-electron chi connectivity index (χ2n) is 4.36. The van der Waals surface area contributed by atoms with E-state index in [9.17, 15) is 9.59 Å². The molecule has 3 rings (SSSR count). The number of aromatic amines is 1. The minimum absolute atomic E-state index is 0.0370. The fourth-order valence-electron chi connectivity index (χ4n) is 2.03. The van der Waals surface area contributed by atoms with Gasteiger partial charge in [-0.05, 0) is 23.8 Å². The number of H-pyrrole nitrogens is 1. The van der Waals surface area contributed by atoms with Gasteiger partial charge in [-0.15, -0.1) is 0 Å². The molecule has 6 nitrogen and oxygen atoms in total. The number of anilines is 1. The van der Waals surface area contributed by atoms with Crippen LogP contribution >= 0.6 is 0 Å². The van der Waals surface area contributed by atoms with E-state index in [1.165, 1.54) is 0 Å². The number of fused-ring (bicyclic) bond motifs is 1. The highest BCUT2D eigenvalue weighted by Crippen LogP contribution is 2.23. The van der Waals surface area contributed by atoms with E-state index in [0.29, 0.717) is 18.5 Å². The maximum Gasteiger partial charge on any atom is 0.251 e. The van der Waals surface area contributed by atoms with E-state index in [4.69, 9.17) is 0 Å². The maximum atomic E-state index is 12.0. The van der Waals surface area contributed by atoms with E-state index in [0.717, 1.165) is 16.9 Å². The number of carbonyl (C=O) groups is 2. The number of hydrogen-bond acceptors (Lipinski definition) is 3. The Labute approximate surface area is 109 Å². The van der Waals surface area contributed by atoms with Gasteiger partial charge in [-0.2, -0.15) is 0 Å². The van der Waals surface area contributed by atoms with Crippen molar-refractivity contribution in [3.63, 3.8) is 0 Å². The van der Waals surface area contributed by atoms with Crippen LogP contribution in [-0.2, 0) is 17.8 Å². The zero-order valence-electron chi connectivity index (χ0n) is 10.1. The maximum absolute atomic E-state index is 12.0. The SMILES string of the molecule is O=C1Cc2cc(C(=O)NCc3cnc[nH]3)ccc2N1. The lowest BCUT2D eigenvalue weighted by Gasteiger charge is -2.05. The molecule has 2 aromatic rings. The van der Waals surface area contributed by atoms with Crippen molar-refractivity contribution in [2.75, 3.05) is 5.32 Å². The lowest BCUT2D eigenvalue weighted by atomic mass is 10.1. The van der Waals surface area contributed by atoms with Crippen molar-refractivity contribution in [2.45, 2.75) is 13.0 Å². The highest BCUT2D eigenvalue weighted by molar-refractivity contribution is 6.01. The lowest BCUT2D eigenvalue weighted by molar-refractivity contribution is -0.115. The van der Waals surface area contributed by atoms with Gasteiger partial charge in [0, 0.05) is 17.4 Å². The minimum atomic E-state index is -0.170. The van der Waals surface area contributed by atoms with E-state index in [1.807, 2.05) is 0 Å². The van der Waals surface area contributed by atoms with Gasteiger partial charge >= 0.3 is 0 Å². The molecule has 2 amide bonds. The van der Waals surface area contributed by atoms with Crippen LogP contribution in [0.3, 0.4) is 0 Å². The van der Waals surface area contributed by atoms with Crippen molar-refractivity contribution in [3.05, 3.63) is 47.5 Å². The van der Waals surface area contributed by atoms with Gasteiger partial charge < -0.3 is 15.6 Å². The first-order chi connectivity index (χ1) is 9.22. The van der Waals surface area contributed by atoms with Crippen LogP contribution in [0.4, 0.5) is 5.69 Å². The fourth-order valence-corrected chi connectivity index (χ4v) is 2.03. The summed E-state index contributed by atoms with van der Waals surface area (Å²) in [5.41, 5.74) is 3.04. The molecule has 0 unspecified atom stereocenters. The third kappa shape index (κ3) is 2.33. The molecule has 0 saturated heterocycles. The number of imidazole rings is 1. The number of carbonyl (C=O) groups excluding carboxylic acids is 2. The van der Waals surface area contributed by atoms with Gasteiger partial charge in [0.05, 0.1) is 25.0 Å². The minimum Gasteiger partial charge on any atom is -0.347 e. The largest absolute Gasteiger partial charge is 0.347 e. The molecule has 19 heavy (non-hydrogen) atoms. The average molecular weight is 256 g/mol. The van der Waals surface area contributed by atoms with Gasteiger partial charge in [0.15, 0.2) is 0 Å². The second kappa shape index (κ2) is 4.56. The van der Waals surface area contributed by atoms with Gasteiger partial charge in [0.2, 0.25) is 5.91 Å². The lowest BCUT2D eigenvalue weighted by Crippen LogP contribution is -2.23. The first-order valence-corrected chi connectivity index (χ1v) is 5.90. The van der Waals surface area contributed by atoms with Gasteiger partial charge in [0.1, 0.15) is 0 Å². The van der Waals surface area contributed by atoms with Crippen LogP contribution in [0.15, 0.2) is 30.7 Å². The van der Waals surface area contributed by atoms with E-state index in [2.05, 4.69) is 20.6 Å². The smallest absolute Gasteiger partial charge is 0.251 e. The Balaban J connectivity index is 1.70. The van der Waals surface area contributed by atoms with Crippen LogP contribution in [0.1, 0.15) is 21.6 Å². The summed E-state index contributed by atoms with van der Waals surface area (Å²) >= 11 is 0. The Morgan fingerprint density at radius 1 is 1.42 bits per heavy atom. The van der Waals surface area contributed by atoms with Crippen LogP contribution in [0.5, 0.6) is 0 Å². The number of aromatic nitrogens is 2. The van der Waals surface area contributed by atoms with E-state index < -0.39 is 0 Å². The molecule has 1 aliphatic heterocycles. The summed E-state index contributed by atoms with van der Waals surface area (Å²) in [7, 11) is 0. The number of nitrogens with one attached hydrogen (secondary N) is 3. The molecule has 2 heterocycles. The molecule has 1 aromatic carbocycles. The topological polar surface area (TPSA) is 86.9 Å². The molecule has 0 saturated carbocycles. The normalized spacial score (nSPS) is 12.9. The summed E-state index contributed by atoms with van der Waals surface area (Å²) in [6.07, 6.45) is 3.55. The van der Waals surface area contributed by atoms with Gasteiger partial charge in [0.25, 0.3) is 5.91 Å². The molecule has 1 aromatic heterocycles. The molecular weight excluding hydrogens is 244 g/mol. The van der Waals surface area contributed by atoms with Gasteiger partial charge in [-0.1, -0.05) is 0 Å². The van der Waals surface area contributed by atoms with E-state index >= 15 is 0 Å². The fraction of sp³-hybridized carbons (Fsp3) is 0.154. The summed E-state index contributed by atoms with van der Waals surface area (Å²) in [6, 6.07) is 5.20. The zero-order valence-corrected chi connectivity index (χ0v) is 10.1. The van der Waals surface area contributed by atoms with Crippen LogP contribution in [0.2, 0.25) is 0 Å². The first kappa shape index (κ1) is 11.5. The average Bonchev–Trinajstić information content (AvgIpc) is 3.02. The Morgan fingerprint density at radius 3 is 3.11 bits per heavy atom. The molecule has 0 atom stereocenters. The highest BCUT2D eigenvalue weighted by atomic mass is 16.2. The number of nitrogens with zero attached hydrogens (tertiary/aromatic N) is 1. The molecule has 6 heteroatoms. The predicted molar refractivity (Wildman–Crippen MR) is 68.5 cm³/mol. The molecule has 96 valence electrons. The molecule has 0 aliphatic carbocycles. The summed E-state index contributed by atoms with van der Waals surface area (Å²) in [5.74, 6) is -0.207. The molecular formula is C13H12N4O2.